The maximum atomic E-state index is 13.4. The minimum atomic E-state index is -0.531. The number of allylic oxidation sites excluding steroid dienone is 2. The largest absolute Gasteiger partial charge is 0.353 e. The average Bonchev–Trinajstić information content (AvgIpc) is 2.79. The Morgan fingerprint density at radius 2 is 1.84 bits per heavy atom. The fourth-order valence-electron chi connectivity index (χ4n) is 3.77. The van der Waals surface area contributed by atoms with E-state index in [0.29, 0.717) is 21.9 Å². The molecule has 2 N–H and O–H groups in total. The summed E-state index contributed by atoms with van der Waals surface area (Å²) in [7, 11) is 0. The first-order chi connectivity index (χ1) is 15.6. The van der Waals surface area contributed by atoms with Gasteiger partial charge in [-0.2, -0.15) is 5.26 Å². The molecule has 0 saturated carbocycles. The molecule has 4 nitrogen and oxygen atoms in total. The average molecular weight is 466 g/mol. The Morgan fingerprint density at radius 1 is 1.12 bits per heavy atom. The molecule has 1 aliphatic rings. The van der Waals surface area contributed by atoms with Crippen LogP contribution in [0.25, 0.3) is 0 Å². The molecule has 6 heteroatoms. The monoisotopic (exact) mass is 465 g/mol. The molecule has 0 saturated heterocycles. The number of hydrogen-bond acceptors (Lipinski definition) is 4. The standard InChI is InChI=1S/C26H28ClN3OS/c1-3-4-5-11-16-32-26-21(17-28)24(20-14-9-10-15-22(20)27)23(18(2)29-26)25(31)30-19-12-7-6-8-13-19/h6-10,12-15,24,29H,3-5,11,16H2,1-2H3,(H,30,31). The number of halogens is 1. The van der Waals surface area contributed by atoms with Crippen LogP contribution in [0.15, 0.2) is 76.5 Å². The van der Waals surface area contributed by atoms with Gasteiger partial charge >= 0.3 is 0 Å². The molecule has 1 amide bonds. The molecule has 32 heavy (non-hydrogen) atoms. The molecule has 1 aliphatic heterocycles. The van der Waals surface area contributed by atoms with Crippen molar-refractivity contribution in [3.8, 4) is 6.07 Å². The molecule has 166 valence electrons. The first kappa shape index (κ1) is 24.0. The van der Waals surface area contributed by atoms with Crippen molar-refractivity contribution >= 4 is 35.0 Å². The molecule has 1 unspecified atom stereocenters. The number of para-hydroxylation sites is 1. The molecule has 0 bridgehead atoms. The molecule has 1 heterocycles. The summed E-state index contributed by atoms with van der Waals surface area (Å²) in [5.74, 6) is 0.143. The van der Waals surface area contributed by atoms with Crippen LogP contribution in [-0.2, 0) is 4.79 Å². The van der Waals surface area contributed by atoms with Gasteiger partial charge in [-0.15, -0.1) is 11.8 Å². The highest BCUT2D eigenvalue weighted by Gasteiger charge is 2.35. The molecule has 3 rings (SSSR count). The van der Waals surface area contributed by atoms with Crippen molar-refractivity contribution in [3.63, 3.8) is 0 Å². The molecule has 1 atom stereocenters. The Labute approximate surface area is 199 Å². The van der Waals surface area contributed by atoms with E-state index in [9.17, 15) is 10.1 Å². The van der Waals surface area contributed by atoms with Gasteiger partial charge in [-0.1, -0.05) is 74.2 Å². The van der Waals surface area contributed by atoms with Crippen molar-refractivity contribution in [2.24, 2.45) is 0 Å². The lowest BCUT2D eigenvalue weighted by Gasteiger charge is -2.30. The smallest absolute Gasteiger partial charge is 0.254 e. The van der Waals surface area contributed by atoms with Gasteiger partial charge in [0.2, 0.25) is 0 Å². The van der Waals surface area contributed by atoms with Crippen molar-refractivity contribution in [3.05, 3.63) is 87.1 Å². The van der Waals surface area contributed by atoms with E-state index < -0.39 is 5.92 Å². The molecule has 2 aromatic rings. The van der Waals surface area contributed by atoms with Crippen LogP contribution in [0.5, 0.6) is 0 Å². The summed E-state index contributed by atoms with van der Waals surface area (Å²) < 4.78 is 0. The van der Waals surface area contributed by atoms with Crippen molar-refractivity contribution < 1.29 is 4.79 Å². The van der Waals surface area contributed by atoms with Crippen LogP contribution in [0.3, 0.4) is 0 Å². The zero-order chi connectivity index (χ0) is 22.9. The van der Waals surface area contributed by atoms with Crippen LogP contribution in [0.2, 0.25) is 5.02 Å². The van der Waals surface area contributed by atoms with Crippen LogP contribution in [0.1, 0.15) is 51.0 Å². The van der Waals surface area contributed by atoms with Gasteiger partial charge in [0.25, 0.3) is 5.91 Å². The van der Waals surface area contributed by atoms with Gasteiger partial charge in [-0.3, -0.25) is 4.79 Å². The maximum Gasteiger partial charge on any atom is 0.254 e. The maximum absolute atomic E-state index is 13.4. The molecular formula is C26H28ClN3OS. The highest BCUT2D eigenvalue weighted by Crippen LogP contribution is 2.43. The summed E-state index contributed by atoms with van der Waals surface area (Å²) in [4.78, 5) is 13.4. The fraction of sp³-hybridized carbons (Fsp3) is 0.308. The van der Waals surface area contributed by atoms with Gasteiger partial charge in [0, 0.05) is 22.0 Å². The van der Waals surface area contributed by atoms with Gasteiger partial charge in [0.15, 0.2) is 0 Å². The van der Waals surface area contributed by atoms with Crippen LogP contribution >= 0.6 is 23.4 Å². The zero-order valence-electron chi connectivity index (χ0n) is 18.5. The second kappa shape index (κ2) is 11.8. The lowest BCUT2D eigenvalue weighted by molar-refractivity contribution is -0.113. The van der Waals surface area contributed by atoms with Gasteiger partial charge in [-0.25, -0.2) is 0 Å². The molecule has 0 spiro atoms. The molecular weight excluding hydrogens is 438 g/mol. The number of amides is 1. The summed E-state index contributed by atoms with van der Waals surface area (Å²) in [6, 6.07) is 19.1. The summed E-state index contributed by atoms with van der Waals surface area (Å²) >= 11 is 8.20. The highest BCUT2D eigenvalue weighted by molar-refractivity contribution is 8.03. The number of nitriles is 1. The number of rotatable bonds is 9. The van der Waals surface area contributed by atoms with Crippen molar-refractivity contribution in [2.45, 2.75) is 45.4 Å². The molecule has 0 aliphatic carbocycles. The van der Waals surface area contributed by atoms with E-state index in [1.165, 1.54) is 19.3 Å². The van der Waals surface area contributed by atoms with Crippen molar-refractivity contribution in [2.75, 3.05) is 11.1 Å². The molecule has 0 fully saturated rings. The predicted octanol–water partition coefficient (Wildman–Crippen LogP) is 6.99. The van der Waals surface area contributed by atoms with E-state index in [4.69, 9.17) is 11.6 Å². The Balaban J connectivity index is 1.97. The lowest BCUT2D eigenvalue weighted by atomic mass is 9.82. The number of hydrogen-bond donors (Lipinski definition) is 2. The Bertz CT molecular complexity index is 1060. The topological polar surface area (TPSA) is 64.9 Å². The number of unbranched alkanes of at least 4 members (excludes halogenated alkanes) is 3. The number of carbonyl (C=O) groups is 1. The number of nitrogens with one attached hydrogen (secondary N) is 2. The molecule has 2 aromatic carbocycles. The lowest BCUT2D eigenvalue weighted by Crippen LogP contribution is -2.30. The number of dihydropyridines is 1. The summed E-state index contributed by atoms with van der Waals surface area (Å²) in [6.07, 6.45) is 4.66. The predicted molar refractivity (Wildman–Crippen MR) is 134 cm³/mol. The number of anilines is 1. The van der Waals surface area contributed by atoms with Crippen molar-refractivity contribution in [1.82, 2.24) is 5.32 Å². The van der Waals surface area contributed by atoms with Gasteiger partial charge < -0.3 is 10.6 Å². The zero-order valence-corrected chi connectivity index (χ0v) is 20.0. The van der Waals surface area contributed by atoms with E-state index >= 15 is 0 Å². The molecule has 0 radical (unpaired) electrons. The van der Waals surface area contributed by atoms with Crippen molar-refractivity contribution in [1.29, 1.82) is 5.26 Å². The number of benzene rings is 2. The third kappa shape index (κ3) is 5.76. The summed E-state index contributed by atoms with van der Waals surface area (Å²) in [5, 5.41) is 17.8. The van der Waals surface area contributed by atoms with E-state index in [0.717, 1.165) is 28.5 Å². The van der Waals surface area contributed by atoms with Crippen LogP contribution < -0.4 is 10.6 Å². The third-order valence-corrected chi connectivity index (χ3v) is 6.83. The second-order valence-corrected chi connectivity index (χ2v) is 9.21. The van der Waals surface area contributed by atoms with E-state index in [2.05, 4.69) is 23.6 Å². The Morgan fingerprint density at radius 3 is 2.53 bits per heavy atom. The SMILES string of the molecule is CCCCCCSC1=C(C#N)C(c2ccccc2Cl)C(C(=O)Nc2ccccc2)=C(C)N1. The van der Waals surface area contributed by atoms with Crippen LogP contribution in [-0.4, -0.2) is 11.7 Å². The second-order valence-electron chi connectivity index (χ2n) is 7.70. The van der Waals surface area contributed by atoms with E-state index in [1.54, 1.807) is 17.8 Å². The minimum absolute atomic E-state index is 0.245. The minimum Gasteiger partial charge on any atom is -0.353 e. The number of carbonyl (C=O) groups excluding carboxylic acids is 1. The third-order valence-electron chi connectivity index (χ3n) is 5.38. The quantitative estimate of drug-likeness (QED) is 0.391. The van der Waals surface area contributed by atoms with Gasteiger partial charge in [0.1, 0.15) is 0 Å². The first-order valence-electron chi connectivity index (χ1n) is 10.9. The Hall–Kier alpha value is -2.68. The van der Waals surface area contributed by atoms with Gasteiger partial charge in [-0.05, 0) is 42.9 Å². The summed E-state index contributed by atoms with van der Waals surface area (Å²) in [5.41, 5.74) is 3.23. The molecule has 0 aromatic heterocycles. The van der Waals surface area contributed by atoms with Crippen LogP contribution in [0.4, 0.5) is 5.69 Å². The summed E-state index contributed by atoms with van der Waals surface area (Å²) in [6.45, 7) is 4.08. The highest BCUT2D eigenvalue weighted by atomic mass is 35.5. The van der Waals surface area contributed by atoms with E-state index in [1.807, 2.05) is 55.5 Å². The number of thioether (sulfide) groups is 1. The normalized spacial score (nSPS) is 15.9. The van der Waals surface area contributed by atoms with E-state index in [-0.39, 0.29) is 5.91 Å². The van der Waals surface area contributed by atoms with Gasteiger partial charge in [0.05, 0.1) is 22.6 Å². The Kier molecular flexibility index (Phi) is 8.84. The number of nitrogens with zero attached hydrogens (tertiary/aromatic N) is 1. The van der Waals surface area contributed by atoms with Crippen LogP contribution in [0, 0.1) is 11.3 Å². The first-order valence-corrected chi connectivity index (χ1v) is 12.3. The fourth-order valence-corrected chi connectivity index (χ4v) is 5.11.